The van der Waals surface area contributed by atoms with Gasteiger partial charge in [-0.1, -0.05) is 44.2 Å². The molecule has 0 aliphatic heterocycles. The molecule has 0 aliphatic carbocycles. The van der Waals surface area contributed by atoms with Crippen LogP contribution in [0, 0.1) is 5.92 Å². The predicted molar refractivity (Wildman–Crippen MR) is 105 cm³/mol. The fraction of sp³-hybridized carbons (Fsp3) is 0.571. The summed E-state index contributed by atoms with van der Waals surface area (Å²) in [5.74, 6) is 0.0925. The third kappa shape index (κ3) is 9.89. The van der Waals surface area contributed by atoms with Crippen molar-refractivity contribution < 1.29 is 19.1 Å². The van der Waals surface area contributed by atoms with Crippen LogP contribution in [-0.4, -0.2) is 47.8 Å². The molecule has 6 heteroatoms. The summed E-state index contributed by atoms with van der Waals surface area (Å²) in [5.41, 5.74) is 0.388. The molecule has 1 atom stereocenters. The molecule has 6 nitrogen and oxygen atoms in total. The maximum atomic E-state index is 12.8. The highest BCUT2D eigenvalue weighted by molar-refractivity contribution is 5.89. The van der Waals surface area contributed by atoms with Crippen LogP contribution in [0.1, 0.15) is 46.6 Å². The first kappa shape index (κ1) is 22.8. The maximum Gasteiger partial charge on any atom is 0.408 e. The van der Waals surface area contributed by atoms with Crippen LogP contribution in [-0.2, 0) is 20.9 Å². The lowest BCUT2D eigenvalue weighted by atomic mass is 10.00. The van der Waals surface area contributed by atoms with Crippen molar-refractivity contribution >= 4 is 18.2 Å². The molecule has 0 saturated heterocycles. The first-order chi connectivity index (χ1) is 12.6. The molecular formula is C21H32N2O4. The summed E-state index contributed by atoms with van der Waals surface area (Å²) >= 11 is 0. The number of carbonyl (C=O) groups is 3. The normalized spacial score (nSPS) is 12.7. The summed E-state index contributed by atoms with van der Waals surface area (Å²) in [7, 11) is 0. The monoisotopic (exact) mass is 376 g/mol. The lowest BCUT2D eigenvalue weighted by Crippen LogP contribution is -2.47. The number of ketones is 1. The summed E-state index contributed by atoms with van der Waals surface area (Å²) in [6, 6.07) is 9.01. The Morgan fingerprint density at radius 3 is 2.33 bits per heavy atom. The van der Waals surface area contributed by atoms with Crippen LogP contribution < -0.4 is 5.32 Å². The third-order valence-corrected chi connectivity index (χ3v) is 3.75. The van der Waals surface area contributed by atoms with Gasteiger partial charge >= 0.3 is 6.09 Å². The van der Waals surface area contributed by atoms with Crippen molar-refractivity contribution in [2.75, 3.05) is 13.1 Å². The van der Waals surface area contributed by atoms with Crippen LogP contribution in [0.5, 0.6) is 0 Å². The Morgan fingerprint density at radius 1 is 1.19 bits per heavy atom. The van der Waals surface area contributed by atoms with E-state index in [0.717, 1.165) is 11.8 Å². The summed E-state index contributed by atoms with van der Waals surface area (Å²) in [6.07, 6.45) is 0.694. The number of amides is 1. The summed E-state index contributed by atoms with van der Waals surface area (Å²) in [6.45, 7) is 10.0. The minimum absolute atomic E-state index is 0.0841. The molecule has 1 aromatic rings. The van der Waals surface area contributed by atoms with E-state index in [1.54, 1.807) is 25.7 Å². The van der Waals surface area contributed by atoms with E-state index in [9.17, 15) is 14.4 Å². The first-order valence-electron chi connectivity index (χ1n) is 9.33. The smallest absolute Gasteiger partial charge is 0.408 e. The lowest BCUT2D eigenvalue weighted by molar-refractivity contribution is -0.123. The van der Waals surface area contributed by atoms with Gasteiger partial charge in [-0.05, 0) is 38.7 Å². The third-order valence-electron chi connectivity index (χ3n) is 3.75. The highest BCUT2D eigenvalue weighted by Gasteiger charge is 2.26. The molecule has 0 heterocycles. The van der Waals surface area contributed by atoms with Gasteiger partial charge in [0.1, 0.15) is 11.9 Å². The summed E-state index contributed by atoms with van der Waals surface area (Å²) in [4.78, 5) is 37.7. The van der Waals surface area contributed by atoms with Crippen molar-refractivity contribution in [3.63, 3.8) is 0 Å². The van der Waals surface area contributed by atoms with Gasteiger partial charge in [0, 0.05) is 6.54 Å². The Labute approximate surface area is 162 Å². The minimum Gasteiger partial charge on any atom is -0.444 e. The fourth-order valence-corrected chi connectivity index (χ4v) is 2.65. The number of benzene rings is 1. The zero-order valence-electron chi connectivity index (χ0n) is 17.0. The van der Waals surface area contributed by atoms with E-state index in [1.807, 2.05) is 44.2 Å². The van der Waals surface area contributed by atoms with Crippen molar-refractivity contribution in [3.05, 3.63) is 35.9 Å². The van der Waals surface area contributed by atoms with Gasteiger partial charge in [0.15, 0.2) is 5.78 Å². The van der Waals surface area contributed by atoms with E-state index >= 15 is 0 Å². The number of aldehydes is 1. The second-order valence-electron chi connectivity index (χ2n) is 8.12. The molecule has 0 fully saturated rings. The number of rotatable bonds is 10. The van der Waals surface area contributed by atoms with Crippen molar-refractivity contribution in [3.8, 4) is 0 Å². The van der Waals surface area contributed by atoms with Crippen LogP contribution in [0.25, 0.3) is 0 Å². The zero-order valence-corrected chi connectivity index (χ0v) is 17.0. The molecule has 1 rings (SSSR count). The molecule has 1 aromatic carbocycles. The Kier molecular flexibility index (Phi) is 9.15. The largest absolute Gasteiger partial charge is 0.444 e. The van der Waals surface area contributed by atoms with Crippen LogP contribution >= 0.6 is 0 Å². The van der Waals surface area contributed by atoms with E-state index in [-0.39, 0.29) is 24.8 Å². The molecule has 0 spiro atoms. The molecular weight excluding hydrogens is 344 g/mol. The highest BCUT2D eigenvalue weighted by atomic mass is 16.6. The number of hydrogen-bond acceptors (Lipinski definition) is 5. The van der Waals surface area contributed by atoms with Crippen molar-refractivity contribution in [1.82, 2.24) is 10.2 Å². The molecule has 150 valence electrons. The lowest BCUT2D eigenvalue weighted by Gasteiger charge is -2.26. The number of ether oxygens (including phenoxy) is 1. The van der Waals surface area contributed by atoms with E-state index < -0.39 is 17.7 Å². The number of Topliss-reactive ketones (excluding diaryl/α,β-unsaturated/α-hetero) is 1. The van der Waals surface area contributed by atoms with E-state index in [4.69, 9.17) is 4.74 Å². The van der Waals surface area contributed by atoms with Crippen molar-refractivity contribution in [2.45, 2.75) is 59.2 Å². The average molecular weight is 376 g/mol. The van der Waals surface area contributed by atoms with Crippen molar-refractivity contribution in [2.24, 2.45) is 5.92 Å². The van der Waals surface area contributed by atoms with Gasteiger partial charge in [0.2, 0.25) is 0 Å². The summed E-state index contributed by atoms with van der Waals surface area (Å²) in [5, 5.41) is 2.69. The fourth-order valence-electron chi connectivity index (χ4n) is 2.65. The molecule has 0 radical (unpaired) electrons. The number of hydrogen-bond donors (Lipinski definition) is 1. The quantitative estimate of drug-likeness (QED) is 0.635. The van der Waals surface area contributed by atoms with Crippen molar-refractivity contribution in [1.29, 1.82) is 0 Å². The molecule has 1 N–H and O–H groups in total. The molecule has 1 amide bonds. The van der Waals surface area contributed by atoms with Gasteiger partial charge in [-0.25, -0.2) is 4.79 Å². The van der Waals surface area contributed by atoms with E-state index in [0.29, 0.717) is 13.0 Å². The predicted octanol–water partition coefficient (Wildman–Crippen LogP) is 3.20. The van der Waals surface area contributed by atoms with E-state index in [2.05, 4.69) is 5.32 Å². The van der Waals surface area contributed by atoms with Crippen LogP contribution in [0.15, 0.2) is 30.3 Å². The topological polar surface area (TPSA) is 75.7 Å². The maximum absolute atomic E-state index is 12.8. The van der Waals surface area contributed by atoms with Gasteiger partial charge < -0.3 is 14.8 Å². The average Bonchev–Trinajstić information content (AvgIpc) is 2.53. The minimum atomic E-state index is -0.648. The second kappa shape index (κ2) is 10.8. The molecule has 0 saturated carbocycles. The summed E-state index contributed by atoms with van der Waals surface area (Å²) < 4.78 is 5.28. The Bertz CT molecular complexity index is 608. The standard InChI is InChI=1S/C21H32N2O4/c1-16(2)13-18(22-20(26)27-21(3,4)5)19(25)15-23(11-12-24)14-17-9-7-6-8-10-17/h6-10,12,16,18H,11,13-15H2,1-5H3,(H,22,26). The first-order valence-corrected chi connectivity index (χ1v) is 9.33. The number of nitrogens with zero attached hydrogens (tertiary/aromatic N) is 1. The zero-order chi connectivity index (χ0) is 20.4. The van der Waals surface area contributed by atoms with Crippen LogP contribution in [0.3, 0.4) is 0 Å². The number of alkyl carbamates (subject to hydrolysis) is 1. The molecule has 27 heavy (non-hydrogen) atoms. The van der Waals surface area contributed by atoms with E-state index in [1.165, 1.54) is 0 Å². The second-order valence-corrected chi connectivity index (χ2v) is 8.12. The molecule has 0 aromatic heterocycles. The Balaban J connectivity index is 2.79. The van der Waals surface area contributed by atoms with Gasteiger partial charge in [0.05, 0.1) is 19.1 Å². The Hall–Kier alpha value is -2.21. The van der Waals surface area contributed by atoms with Crippen LogP contribution in [0.2, 0.25) is 0 Å². The number of carbonyl (C=O) groups excluding carboxylic acids is 3. The van der Waals surface area contributed by atoms with Gasteiger partial charge in [-0.15, -0.1) is 0 Å². The SMILES string of the molecule is CC(C)CC(NC(=O)OC(C)(C)C)C(=O)CN(CC=O)Cc1ccccc1. The molecule has 1 unspecified atom stereocenters. The Morgan fingerprint density at radius 2 is 1.81 bits per heavy atom. The van der Waals surface area contributed by atoms with Gasteiger partial charge in [-0.3, -0.25) is 9.69 Å². The molecule has 0 aliphatic rings. The highest BCUT2D eigenvalue weighted by Crippen LogP contribution is 2.11. The number of nitrogens with one attached hydrogen (secondary N) is 1. The van der Waals surface area contributed by atoms with Crippen LogP contribution in [0.4, 0.5) is 4.79 Å². The van der Waals surface area contributed by atoms with Gasteiger partial charge in [-0.2, -0.15) is 0 Å². The molecule has 0 bridgehead atoms. The van der Waals surface area contributed by atoms with Gasteiger partial charge in [0.25, 0.3) is 0 Å².